The number of benzene rings is 2. The zero-order chi connectivity index (χ0) is 19.9. The second-order valence-electron chi connectivity index (χ2n) is 6.35. The third kappa shape index (κ3) is 6.86. The van der Waals surface area contributed by atoms with Crippen molar-refractivity contribution in [3.63, 3.8) is 0 Å². The number of carbonyl (C=O) groups excluding carboxylic acids is 1. The first-order valence-corrected chi connectivity index (χ1v) is 10.4. The molecule has 0 aliphatic rings. The summed E-state index contributed by atoms with van der Waals surface area (Å²) in [6.07, 6.45) is 0.140. The molecular weight excluding hydrogens is 388 g/mol. The second kappa shape index (κ2) is 9.73. The zero-order valence-electron chi connectivity index (χ0n) is 15.2. The molecule has 146 valence electrons. The van der Waals surface area contributed by atoms with E-state index < -0.39 is 10.0 Å². The van der Waals surface area contributed by atoms with Crippen LogP contribution in [0.4, 0.5) is 5.69 Å². The second-order valence-corrected chi connectivity index (χ2v) is 8.52. The van der Waals surface area contributed by atoms with Crippen LogP contribution in [-0.4, -0.2) is 27.5 Å². The van der Waals surface area contributed by atoms with Crippen molar-refractivity contribution in [3.05, 3.63) is 53.6 Å². The molecule has 0 saturated heterocycles. The van der Waals surface area contributed by atoms with Gasteiger partial charge in [0.05, 0.1) is 22.9 Å². The predicted octanol–water partition coefficient (Wildman–Crippen LogP) is 3.68. The highest BCUT2D eigenvalue weighted by atomic mass is 35.5. The number of hydrogen-bond donors (Lipinski definition) is 2. The number of hydrogen-bond acceptors (Lipinski definition) is 4. The van der Waals surface area contributed by atoms with Crippen molar-refractivity contribution in [1.82, 2.24) is 4.72 Å². The molecule has 6 nitrogen and oxygen atoms in total. The number of ether oxygens (including phenoxy) is 1. The van der Waals surface area contributed by atoms with Crippen LogP contribution in [0.15, 0.2) is 53.4 Å². The maximum atomic E-state index is 12.1. The minimum Gasteiger partial charge on any atom is -0.491 e. The van der Waals surface area contributed by atoms with Crippen LogP contribution in [0, 0.1) is 5.92 Å². The Labute approximate surface area is 164 Å². The van der Waals surface area contributed by atoms with Gasteiger partial charge in [0.2, 0.25) is 15.9 Å². The average molecular weight is 411 g/mol. The zero-order valence-corrected chi connectivity index (χ0v) is 16.8. The smallest absolute Gasteiger partial charge is 0.240 e. The Bertz CT molecular complexity index is 868. The van der Waals surface area contributed by atoms with E-state index in [-0.39, 0.29) is 29.7 Å². The number of anilines is 1. The molecule has 2 N–H and O–H groups in total. The molecular formula is C19H23ClN2O4S. The van der Waals surface area contributed by atoms with E-state index in [9.17, 15) is 13.2 Å². The van der Waals surface area contributed by atoms with Crippen molar-refractivity contribution in [2.24, 2.45) is 5.92 Å². The van der Waals surface area contributed by atoms with E-state index in [0.29, 0.717) is 23.0 Å². The Balaban J connectivity index is 1.85. The molecule has 0 unspecified atom stereocenters. The molecule has 1 amide bonds. The van der Waals surface area contributed by atoms with Gasteiger partial charge in [0.1, 0.15) is 5.75 Å². The molecule has 27 heavy (non-hydrogen) atoms. The number of amides is 1. The lowest BCUT2D eigenvalue weighted by Crippen LogP contribution is -2.27. The molecule has 2 aromatic carbocycles. The van der Waals surface area contributed by atoms with E-state index in [0.717, 1.165) is 0 Å². The Morgan fingerprint density at radius 3 is 2.41 bits per heavy atom. The van der Waals surface area contributed by atoms with Gasteiger partial charge in [-0.25, -0.2) is 13.1 Å². The van der Waals surface area contributed by atoms with E-state index in [1.165, 1.54) is 12.1 Å². The molecule has 0 fully saturated rings. The molecule has 2 rings (SSSR count). The van der Waals surface area contributed by atoms with Crippen LogP contribution in [0.25, 0.3) is 0 Å². The molecule has 0 heterocycles. The van der Waals surface area contributed by atoms with Gasteiger partial charge in [-0.1, -0.05) is 37.6 Å². The highest BCUT2D eigenvalue weighted by Gasteiger charge is 2.14. The molecule has 2 aromatic rings. The molecule has 0 aliphatic carbocycles. The molecule has 0 aromatic heterocycles. The Morgan fingerprint density at radius 2 is 1.78 bits per heavy atom. The number of halogens is 1. The molecule has 8 heteroatoms. The van der Waals surface area contributed by atoms with Crippen LogP contribution in [0.1, 0.15) is 20.3 Å². The van der Waals surface area contributed by atoms with Gasteiger partial charge in [0.25, 0.3) is 0 Å². The van der Waals surface area contributed by atoms with Crippen molar-refractivity contribution < 1.29 is 17.9 Å². The Kier molecular flexibility index (Phi) is 7.65. The number of rotatable bonds is 9. The summed E-state index contributed by atoms with van der Waals surface area (Å²) >= 11 is 5.98. The van der Waals surface area contributed by atoms with Crippen LogP contribution in [0.2, 0.25) is 5.02 Å². The largest absolute Gasteiger partial charge is 0.491 e. The van der Waals surface area contributed by atoms with Gasteiger partial charge in [0.15, 0.2) is 0 Å². The number of nitrogens with one attached hydrogen (secondary N) is 2. The van der Waals surface area contributed by atoms with Crippen molar-refractivity contribution in [2.45, 2.75) is 25.2 Å². The first-order chi connectivity index (χ1) is 12.8. The lowest BCUT2D eigenvalue weighted by Gasteiger charge is -2.10. The summed E-state index contributed by atoms with van der Waals surface area (Å²) in [7, 11) is -3.54. The molecule has 0 atom stereocenters. The third-order valence-corrected chi connectivity index (χ3v) is 5.31. The minimum atomic E-state index is -3.54. The van der Waals surface area contributed by atoms with E-state index in [2.05, 4.69) is 10.0 Å². The van der Waals surface area contributed by atoms with Gasteiger partial charge in [0, 0.05) is 12.2 Å². The Hall–Kier alpha value is -2.09. The van der Waals surface area contributed by atoms with Crippen LogP contribution < -0.4 is 14.8 Å². The lowest BCUT2D eigenvalue weighted by atomic mass is 10.2. The summed E-state index contributed by atoms with van der Waals surface area (Å²) in [6.45, 7) is 4.40. The van der Waals surface area contributed by atoms with Crippen LogP contribution in [0.3, 0.4) is 0 Å². The van der Waals surface area contributed by atoms with Crippen LogP contribution in [-0.2, 0) is 14.8 Å². The van der Waals surface area contributed by atoms with Crippen LogP contribution >= 0.6 is 11.6 Å². The summed E-state index contributed by atoms with van der Waals surface area (Å²) in [6, 6.07) is 13.1. The van der Waals surface area contributed by atoms with Gasteiger partial charge >= 0.3 is 0 Å². The number of para-hydroxylation sites is 1. The quantitative estimate of drug-likeness (QED) is 0.660. The van der Waals surface area contributed by atoms with Gasteiger partial charge in [-0.2, -0.15) is 0 Å². The fourth-order valence-corrected chi connectivity index (χ4v) is 3.52. The maximum absolute atomic E-state index is 12.1. The van der Waals surface area contributed by atoms with E-state index >= 15 is 0 Å². The van der Waals surface area contributed by atoms with Crippen LogP contribution in [0.5, 0.6) is 5.75 Å². The minimum absolute atomic E-state index is 0.140. The highest BCUT2D eigenvalue weighted by molar-refractivity contribution is 7.89. The van der Waals surface area contributed by atoms with Gasteiger partial charge in [-0.15, -0.1) is 0 Å². The summed E-state index contributed by atoms with van der Waals surface area (Å²) in [5.41, 5.74) is 0.514. The molecule has 0 aliphatic heterocycles. The fraction of sp³-hybridized carbons (Fsp3) is 0.316. The van der Waals surface area contributed by atoms with Crippen molar-refractivity contribution in [3.8, 4) is 5.75 Å². The van der Waals surface area contributed by atoms with Gasteiger partial charge in [-0.3, -0.25) is 4.79 Å². The maximum Gasteiger partial charge on any atom is 0.240 e. The van der Waals surface area contributed by atoms with Crippen molar-refractivity contribution in [1.29, 1.82) is 0 Å². The molecule has 0 spiro atoms. The summed E-state index contributed by atoms with van der Waals surface area (Å²) in [5, 5.41) is 3.19. The molecule has 0 saturated carbocycles. The highest BCUT2D eigenvalue weighted by Crippen LogP contribution is 2.23. The van der Waals surface area contributed by atoms with E-state index in [1.54, 1.807) is 36.4 Å². The molecule has 0 bridgehead atoms. The number of carbonyl (C=O) groups is 1. The topological polar surface area (TPSA) is 84.5 Å². The first kappa shape index (κ1) is 21.2. The third-order valence-electron chi connectivity index (χ3n) is 3.55. The lowest BCUT2D eigenvalue weighted by molar-refractivity contribution is -0.116. The van der Waals surface area contributed by atoms with Gasteiger partial charge < -0.3 is 10.1 Å². The summed E-state index contributed by atoms with van der Waals surface area (Å²) in [5.74, 6) is 0.498. The number of sulfonamides is 1. The summed E-state index contributed by atoms with van der Waals surface area (Å²) in [4.78, 5) is 12.1. The summed E-state index contributed by atoms with van der Waals surface area (Å²) < 4.78 is 32.3. The average Bonchev–Trinajstić information content (AvgIpc) is 2.62. The first-order valence-electron chi connectivity index (χ1n) is 8.55. The van der Waals surface area contributed by atoms with Crippen molar-refractivity contribution in [2.75, 3.05) is 18.5 Å². The van der Waals surface area contributed by atoms with E-state index in [1.807, 2.05) is 13.8 Å². The normalized spacial score (nSPS) is 11.4. The predicted molar refractivity (Wildman–Crippen MR) is 107 cm³/mol. The van der Waals surface area contributed by atoms with Gasteiger partial charge in [-0.05, 0) is 42.3 Å². The Morgan fingerprint density at radius 1 is 1.11 bits per heavy atom. The SMILES string of the molecule is CC(C)CNS(=O)(=O)c1ccc(NC(=O)CCOc2ccccc2Cl)cc1. The fourth-order valence-electron chi connectivity index (χ4n) is 2.12. The monoisotopic (exact) mass is 410 g/mol. The van der Waals surface area contributed by atoms with Crippen molar-refractivity contribution >= 4 is 33.2 Å². The van der Waals surface area contributed by atoms with E-state index in [4.69, 9.17) is 16.3 Å². The standard InChI is InChI=1S/C19H23ClN2O4S/c1-14(2)13-21-27(24,25)16-9-7-15(8-10-16)22-19(23)11-12-26-18-6-4-3-5-17(18)20/h3-10,14,21H,11-13H2,1-2H3,(H,22,23). The molecule has 0 radical (unpaired) electrons.